The zero-order valence-electron chi connectivity index (χ0n) is 8.93. The van der Waals surface area contributed by atoms with Crippen molar-refractivity contribution in [2.75, 3.05) is 0 Å². The molecule has 0 bridgehead atoms. The van der Waals surface area contributed by atoms with Crippen molar-refractivity contribution in [3.05, 3.63) is 11.9 Å². The molecule has 1 aliphatic carbocycles. The highest BCUT2D eigenvalue weighted by atomic mass is 16.3. The minimum Gasteiger partial charge on any atom is -0.387 e. The van der Waals surface area contributed by atoms with Gasteiger partial charge in [-0.1, -0.05) is 24.5 Å². The third-order valence-corrected chi connectivity index (χ3v) is 3.26. The van der Waals surface area contributed by atoms with E-state index < -0.39 is 11.7 Å². The molecule has 0 amide bonds. The highest BCUT2D eigenvalue weighted by molar-refractivity contribution is 5.06. The van der Waals surface area contributed by atoms with Crippen LogP contribution in [0.25, 0.3) is 0 Å². The summed E-state index contributed by atoms with van der Waals surface area (Å²) in [5, 5.41) is 27.9. The van der Waals surface area contributed by atoms with E-state index in [-0.39, 0.29) is 0 Å². The lowest BCUT2D eigenvalue weighted by Crippen LogP contribution is -2.39. The highest BCUT2D eigenvalue weighted by Gasteiger charge is 2.39. The van der Waals surface area contributed by atoms with E-state index >= 15 is 0 Å². The average molecular weight is 211 g/mol. The van der Waals surface area contributed by atoms with Gasteiger partial charge in [0.15, 0.2) is 0 Å². The molecular formula is C10H17N3O2. The summed E-state index contributed by atoms with van der Waals surface area (Å²) in [4.78, 5) is 0. The molecule has 1 aromatic heterocycles. The van der Waals surface area contributed by atoms with Gasteiger partial charge in [-0.3, -0.25) is 0 Å². The maximum Gasteiger partial charge on any atom is 0.126 e. The zero-order chi connectivity index (χ0) is 10.9. The number of nitrogens with zero attached hydrogens (tertiary/aromatic N) is 3. The normalized spacial score (nSPS) is 22.6. The van der Waals surface area contributed by atoms with E-state index in [0.717, 1.165) is 19.3 Å². The maximum atomic E-state index is 10.3. The SMILES string of the molecule is Cn1nncc1C(O)C1(O)CCCCC1. The van der Waals surface area contributed by atoms with Gasteiger partial charge in [0.05, 0.1) is 17.5 Å². The molecule has 2 rings (SSSR count). The molecule has 2 N–H and O–H groups in total. The Hall–Kier alpha value is -0.940. The molecule has 5 nitrogen and oxygen atoms in total. The van der Waals surface area contributed by atoms with Gasteiger partial charge in [-0.15, -0.1) is 5.10 Å². The number of aryl methyl sites for hydroxylation is 1. The molecular weight excluding hydrogens is 194 g/mol. The molecule has 0 aliphatic heterocycles. The second-order valence-electron chi connectivity index (χ2n) is 4.35. The predicted octanol–water partition coefficient (Wildman–Crippen LogP) is 0.544. The lowest BCUT2D eigenvalue weighted by molar-refractivity contribution is -0.102. The fourth-order valence-corrected chi connectivity index (χ4v) is 2.26. The molecule has 84 valence electrons. The topological polar surface area (TPSA) is 71.2 Å². The van der Waals surface area contributed by atoms with Crippen molar-refractivity contribution in [3.63, 3.8) is 0 Å². The van der Waals surface area contributed by atoms with E-state index in [9.17, 15) is 10.2 Å². The lowest BCUT2D eigenvalue weighted by atomic mass is 9.80. The first kappa shape index (κ1) is 10.6. The van der Waals surface area contributed by atoms with Gasteiger partial charge in [0.1, 0.15) is 6.10 Å². The van der Waals surface area contributed by atoms with Crippen LogP contribution in [-0.2, 0) is 7.05 Å². The minimum absolute atomic E-state index is 0.583. The minimum atomic E-state index is -0.992. The van der Waals surface area contributed by atoms with E-state index in [4.69, 9.17) is 0 Å². The Morgan fingerprint density at radius 3 is 2.60 bits per heavy atom. The monoisotopic (exact) mass is 211 g/mol. The van der Waals surface area contributed by atoms with Gasteiger partial charge in [0, 0.05) is 7.05 Å². The first-order valence-corrected chi connectivity index (χ1v) is 5.38. The van der Waals surface area contributed by atoms with Crippen molar-refractivity contribution in [1.82, 2.24) is 15.0 Å². The smallest absolute Gasteiger partial charge is 0.126 e. The van der Waals surface area contributed by atoms with Crippen LogP contribution in [0, 0.1) is 0 Å². The van der Waals surface area contributed by atoms with Crippen molar-refractivity contribution in [3.8, 4) is 0 Å². The fraction of sp³-hybridized carbons (Fsp3) is 0.800. The molecule has 0 aromatic carbocycles. The van der Waals surface area contributed by atoms with Crippen molar-refractivity contribution in [2.24, 2.45) is 7.05 Å². The second-order valence-corrected chi connectivity index (χ2v) is 4.35. The van der Waals surface area contributed by atoms with Gasteiger partial charge in [-0.25, -0.2) is 4.68 Å². The van der Waals surface area contributed by atoms with Gasteiger partial charge in [0.25, 0.3) is 0 Å². The number of aliphatic hydroxyl groups excluding tert-OH is 1. The summed E-state index contributed by atoms with van der Waals surface area (Å²) in [7, 11) is 1.72. The molecule has 1 unspecified atom stereocenters. The van der Waals surface area contributed by atoms with Crippen molar-refractivity contribution in [2.45, 2.75) is 43.8 Å². The number of aromatic nitrogens is 3. The number of rotatable bonds is 2. The maximum absolute atomic E-state index is 10.3. The van der Waals surface area contributed by atoms with Crippen LogP contribution in [0.2, 0.25) is 0 Å². The summed E-state index contributed by atoms with van der Waals surface area (Å²) in [6, 6.07) is 0. The molecule has 1 aliphatic rings. The standard InChI is InChI=1S/C10H17N3O2/c1-13-8(7-11-12-13)9(14)10(15)5-3-2-4-6-10/h7,9,14-15H,2-6H2,1H3. The molecule has 1 saturated carbocycles. The summed E-state index contributed by atoms with van der Waals surface area (Å²) in [6.45, 7) is 0. The van der Waals surface area contributed by atoms with Crippen LogP contribution in [0.4, 0.5) is 0 Å². The van der Waals surface area contributed by atoms with E-state index in [2.05, 4.69) is 10.3 Å². The molecule has 1 aromatic rings. The molecule has 15 heavy (non-hydrogen) atoms. The van der Waals surface area contributed by atoms with Crippen molar-refractivity contribution >= 4 is 0 Å². The van der Waals surface area contributed by atoms with Crippen LogP contribution in [0.3, 0.4) is 0 Å². The quantitative estimate of drug-likeness (QED) is 0.749. The van der Waals surface area contributed by atoms with Gasteiger partial charge in [0.2, 0.25) is 0 Å². The summed E-state index contributed by atoms with van der Waals surface area (Å²) >= 11 is 0. The molecule has 1 fully saturated rings. The Morgan fingerprint density at radius 1 is 1.40 bits per heavy atom. The Bertz CT molecular complexity index is 331. The predicted molar refractivity (Wildman–Crippen MR) is 54.0 cm³/mol. The molecule has 5 heteroatoms. The van der Waals surface area contributed by atoms with Crippen LogP contribution in [-0.4, -0.2) is 30.8 Å². The average Bonchev–Trinajstić information content (AvgIpc) is 2.64. The third kappa shape index (κ3) is 1.89. The number of hydrogen-bond donors (Lipinski definition) is 2. The molecule has 1 heterocycles. The number of aliphatic hydroxyl groups is 2. The van der Waals surface area contributed by atoms with Crippen LogP contribution in [0.5, 0.6) is 0 Å². The fourth-order valence-electron chi connectivity index (χ4n) is 2.26. The van der Waals surface area contributed by atoms with E-state index in [0.29, 0.717) is 18.5 Å². The van der Waals surface area contributed by atoms with Gasteiger partial charge < -0.3 is 10.2 Å². The van der Waals surface area contributed by atoms with Crippen LogP contribution >= 0.6 is 0 Å². The molecule has 0 saturated heterocycles. The lowest BCUT2D eigenvalue weighted by Gasteiger charge is -2.35. The van der Waals surface area contributed by atoms with Crippen molar-refractivity contribution in [1.29, 1.82) is 0 Å². The van der Waals surface area contributed by atoms with E-state index in [1.54, 1.807) is 7.05 Å². The van der Waals surface area contributed by atoms with E-state index in [1.807, 2.05) is 0 Å². The molecule has 0 radical (unpaired) electrons. The van der Waals surface area contributed by atoms with Crippen LogP contribution in [0.1, 0.15) is 43.9 Å². The van der Waals surface area contributed by atoms with Crippen molar-refractivity contribution < 1.29 is 10.2 Å². The Balaban J connectivity index is 2.19. The first-order chi connectivity index (χ1) is 7.13. The van der Waals surface area contributed by atoms with E-state index in [1.165, 1.54) is 10.9 Å². The largest absolute Gasteiger partial charge is 0.387 e. The van der Waals surface area contributed by atoms with Gasteiger partial charge in [-0.05, 0) is 12.8 Å². The van der Waals surface area contributed by atoms with Gasteiger partial charge in [-0.2, -0.15) is 0 Å². The zero-order valence-corrected chi connectivity index (χ0v) is 8.93. The summed E-state index contributed by atoms with van der Waals surface area (Å²) in [6.07, 6.45) is 5.02. The highest BCUT2D eigenvalue weighted by Crippen LogP contribution is 2.37. The van der Waals surface area contributed by atoms with Gasteiger partial charge >= 0.3 is 0 Å². The Labute approximate surface area is 88.7 Å². The molecule has 0 spiro atoms. The molecule has 1 atom stereocenters. The Morgan fingerprint density at radius 2 is 2.07 bits per heavy atom. The summed E-state index contributed by atoms with van der Waals surface area (Å²) < 4.78 is 1.51. The second kappa shape index (κ2) is 3.90. The Kier molecular flexibility index (Phi) is 2.75. The first-order valence-electron chi connectivity index (χ1n) is 5.38. The summed E-state index contributed by atoms with van der Waals surface area (Å²) in [5.41, 5.74) is -0.410. The number of hydrogen-bond acceptors (Lipinski definition) is 4. The van der Waals surface area contributed by atoms with Crippen LogP contribution in [0.15, 0.2) is 6.20 Å². The third-order valence-electron chi connectivity index (χ3n) is 3.26. The van der Waals surface area contributed by atoms with Crippen LogP contribution < -0.4 is 0 Å². The summed E-state index contributed by atoms with van der Waals surface area (Å²) in [5.74, 6) is 0.